The first-order valence-electron chi connectivity index (χ1n) is 6.93. The van der Waals surface area contributed by atoms with Crippen LogP contribution in [0.4, 0.5) is 5.69 Å². The lowest BCUT2D eigenvalue weighted by Gasteiger charge is -2.26. The topological polar surface area (TPSA) is 145 Å². The van der Waals surface area contributed by atoms with Gasteiger partial charge in [-0.3, -0.25) is 19.7 Å². The zero-order valence-corrected chi connectivity index (χ0v) is 13.0. The molecule has 1 aromatic carbocycles. The number of benzene rings is 1. The predicted molar refractivity (Wildman–Crippen MR) is 82.0 cm³/mol. The van der Waals surface area contributed by atoms with Gasteiger partial charge in [0.25, 0.3) is 11.6 Å². The highest BCUT2D eigenvalue weighted by Gasteiger charge is 2.39. The Morgan fingerprint density at radius 3 is 2.88 bits per heavy atom. The smallest absolute Gasteiger partial charge is 0.305 e. The van der Waals surface area contributed by atoms with Gasteiger partial charge < -0.3 is 15.2 Å². The van der Waals surface area contributed by atoms with E-state index in [1.807, 2.05) is 0 Å². The number of carbonyl (C=O) groups is 2. The molecule has 0 aliphatic carbocycles. The Balaban J connectivity index is 1.93. The Bertz CT molecular complexity index is 829. The van der Waals surface area contributed by atoms with Crippen LogP contribution in [0.5, 0.6) is 0 Å². The van der Waals surface area contributed by atoms with Crippen LogP contribution in [0.2, 0.25) is 0 Å². The molecular formula is C13H12N4O6S. The number of nitrogens with zero attached hydrogens (tertiary/aromatic N) is 3. The molecule has 24 heavy (non-hydrogen) atoms. The average molecular weight is 352 g/mol. The fourth-order valence-corrected chi connectivity index (χ4v) is 3.17. The van der Waals surface area contributed by atoms with E-state index in [-0.39, 0.29) is 35.3 Å². The van der Waals surface area contributed by atoms with Crippen molar-refractivity contribution in [3.8, 4) is 0 Å². The Labute approximate surface area is 138 Å². The number of nitro benzene ring substituents is 1. The number of carboxylic acids is 1. The summed E-state index contributed by atoms with van der Waals surface area (Å²) in [5, 5.41) is 22.8. The molecule has 0 spiro atoms. The number of hydrogen-bond acceptors (Lipinski definition) is 8. The predicted octanol–water partition coefficient (Wildman–Crippen LogP) is 0.963. The van der Waals surface area contributed by atoms with Crippen molar-refractivity contribution in [2.75, 3.05) is 13.2 Å². The molecule has 1 aliphatic heterocycles. The van der Waals surface area contributed by atoms with E-state index in [0.717, 1.165) is 17.8 Å². The molecule has 1 amide bonds. The molecule has 2 heterocycles. The van der Waals surface area contributed by atoms with Crippen LogP contribution in [-0.2, 0) is 9.53 Å². The summed E-state index contributed by atoms with van der Waals surface area (Å²) in [6.07, 6.45) is 0.0645. The molecule has 1 aliphatic rings. The lowest BCUT2D eigenvalue weighted by atomic mass is 9.93. The molecule has 0 bridgehead atoms. The monoisotopic (exact) mass is 352 g/mol. The zero-order valence-electron chi connectivity index (χ0n) is 12.2. The number of aliphatic carboxylic acids is 1. The number of hydrogen-bond donors (Lipinski definition) is 2. The van der Waals surface area contributed by atoms with Crippen molar-refractivity contribution in [2.24, 2.45) is 0 Å². The summed E-state index contributed by atoms with van der Waals surface area (Å²) < 4.78 is 13.0. The fourth-order valence-electron chi connectivity index (χ4n) is 2.63. The van der Waals surface area contributed by atoms with Gasteiger partial charge in [-0.25, -0.2) is 0 Å². The molecule has 1 saturated heterocycles. The Morgan fingerprint density at radius 2 is 2.25 bits per heavy atom. The first-order valence-corrected chi connectivity index (χ1v) is 7.66. The van der Waals surface area contributed by atoms with Crippen molar-refractivity contribution in [3.05, 3.63) is 27.8 Å². The standard InChI is InChI=1S/C13H12N4O6S/c18-10(19)5-13(1-2-23-6-13)14-12(20)7-3-8-11(16-24-15-8)9(4-7)17(21)22/h3-4H,1-2,5-6H2,(H,14,20)(H,18,19). The lowest BCUT2D eigenvalue weighted by Crippen LogP contribution is -2.50. The number of carboxylic acid groups (broad SMARTS) is 1. The van der Waals surface area contributed by atoms with Crippen LogP contribution in [0.25, 0.3) is 11.0 Å². The second-order valence-corrected chi connectivity index (χ2v) is 6.02. The van der Waals surface area contributed by atoms with Gasteiger partial charge in [0.2, 0.25) is 0 Å². The second kappa shape index (κ2) is 6.09. The van der Waals surface area contributed by atoms with E-state index in [1.54, 1.807) is 0 Å². The van der Waals surface area contributed by atoms with E-state index in [9.17, 15) is 19.7 Å². The number of aromatic nitrogens is 2. The summed E-state index contributed by atoms with van der Waals surface area (Å²) in [7, 11) is 0. The van der Waals surface area contributed by atoms with Crippen LogP contribution in [-0.4, -0.2) is 49.4 Å². The van der Waals surface area contributed by atoms with Crippen LogP contribution in [0.15, 0.2) is 12.1 Å². The van der Waals surface area contributed by atoms with Gasteiger partial charge in [-0.2, -0.15) is 8.75 Å². The maximum atomic E-state index is 12.5. The number of nitrogens with one attached hydrogen (secondary N) is 1. The molecule has 2 aromatic rings. The normalized spacial score (nSPS) is 20.2. The van der Waals surface area contributed by atoms with Gasteiger partial charge >= 0.3 is 5.97 Å². The summed E-state index contributed by atoms with van der Waals surface area (Å²) in [5.74, 6) is -1.68. The molecule has 1 fully saturated rings. The number of rotatable bonds is 5. The lowest BCUT2D eigenvalue weighted by molar-refractivity contribution is -0.383. The number of carbonyl (C=O) groups excluding carboxylic acids is 1. The van der Waals surface area contributed by atoms with E-state index < -0.39 is 22.3 Å². The van der Waals surface area contributed by atoms with Gasteiger partial charge in [-0.1, -0.05) is 0 Å². The Morgan fingerprint density at radius 1 is 1.46 bits per heavy atom. The van der Waals surface area contributed by atoms with Crippen molar-refractivity contribution >= 4 is 40.3 Å². The van der Waals surface area contributed by atoms with Gasteiger partial charge in [0.15, 0.2) is 5.52 Å². The maximum absolute atomic E-state index is 12.5. The van der Waals surface area contributed by atoms with Crippen LogP contribution in [0.1, 0.15) is 23.2 Å². The minimum Gasteiger partial charge on any atom is -0.481 e. The van der Waals surface area contributed by atoms with E-state index in [1.165, 1.54) is 6.07 Å². The molecule has 126 valence electrons. The third kappa shape index (κ3) is 3.03. The third-order valence-corrected chi connectivity index (χ3v) is 4.31. The second-order valence-electron chi connectivity index (χ2n) is 5.49. The van der Waals surface area contributed by atoms with Crippen molar-refractivity contribution < 1.29 is 24.4 Å². The largest absolute Gasteiger partial charge is 0.481 e. The van der Waals surface area contributed by atoms with Crippen molar-refractivity contribution in [3.63, 3.8) is 0 Å². The van der Waals surface area contributed by atoms with Crippen LogP contribution in [0.3, 0.4) is 0 Å². The molecule has 11 heteroatoms. The highest BCUT2D eigenvalue weighted by atomic mass is 32.1. The van der Waals surface area contributed by atoms with E-state index in [2.05, 4.69) is 14.1 Å². The minimum absolute atomic E-state index is 0.0264. The number of ether oxygens (including phenoxy) is 1. The first-order chi connectivity index (χ1) is 11.4. The molecule has 10 nitrogen and oxygen atoms in total. The highest BCUT2D eigenvalue weighted by Crippen LogP contribution is 2.27. The molecule has 0 radical (unpaired) electrons. The molecule has 1 unspecified atom stereocenters. The van der Waals surface area contributed by atoms with Gasteiger partial charge in [0.1, 0.15) is 5.52 Å². The SMILES string of the molecule is O=C(O)CC1(NC(=O)c2cc([N+](=O)[O-])c3nsnc3c2)CCOC1. The minimum atomic E-state index is -1.06. The number of non-ortho nitro benzene ring substituents is 1. The van der Waals surface area contributed by atoms with Gasteiger partial charge in [-0.15, -0.1) is 0 Å². The van der Waals surface area contributed by atoms with Crippen molar-refractivity contribution in [2.45, 2.75) is 18.4 Å². The van der Waals surface area contributed by atoms with E-state index in [0.29, 0.717) is 13.0 Å². The molecule has 1 aromatic heterocycles. The number of fused-ring (bicyclic) bond motifs is 1. The maximum Gasteiger partial charge on any atom is 0.305 e. The van der Waals surface area contributed by atoms with Gasteiger partial charge in [0.05, 0.1) is 35.2 Å². The van der Waals surface area contributed by atoms with E-state index >= 15 is 0 Å². The number of nitro groups is 1. The molecular weight excluding hydrogens is 340 g/mol. The molecule has 3 rings (SSSR count). The third-order valence-electron chi connectivity index (χ3n) is 3.77. The first kappa shape index (κ1) is 16.2. The molecule has 0 saturated carbocycles. The van der Waals surface area contributed by atoms with E-state index in [4.69, 9.17) is 9.84 Å². The van der Waals surface area contributed by atoms with Gasteiger partial charge in [0, 0.05) is 18.2 Å². The van der Waals surface area contributed by atoms with Gasteiger partial charge in [-0.05, 0) is 12.5 Å². The summed E-state index contributed by atoms with van der Waals surface area (Å²) in [6, 6.07) is 2.51. The van der Waals surface area contributed by atoms with Crippen molar-refractivity contribution in [1.29, 1.82) is 0 Å². The van der Waals surface area contributed by atoms with Crippen LogP contribution in [0, 0.1) is 10.1 Å². The quantitative estimate of drug-likeness (QED) is 0.598. The molecule has 1 atom stereocenters. The summed E-state index contributed by atoms with van der Waals surface area (Å²) in [4.78, 5) is 34.1. The summed E-state index contributed by atoms with van der Waals surface area (Å²) in [5.41, 5.74) is -0.951. The summed E-state index contributed by atoms with van der Waals surface area (Å²) >= 11 is 0.812. The zero-order chi connectivity index (χ0) is 17.3. The summed E-state index contributed by atoms with van der Waals surface area (Å²) in [6.45, 7) is 0.413. The average Bonchev–Trinajstić information content (AvgIpc) is 3.14. The Kier molecular flexibility index (Phi) is 4.11. The highest BCUT2D eigenvalue weighted by molar-refractivity contribution is 7.00. The number of amides is 1. The van der Waals surface area contributed by atoms with Crippen LogP contribution >= 0.6 is 11.7 Å². The fraction of sp³-hybridized carbons (Fsp3) is 0.385. The van der Waals surface area contributed by atoms with Crippen LogP contribution < -0.4 is 5.32 Å². The molecule has 2 N–H and O–H groups in total. The van der Waals surface area contributed by atoms with Crippen molar-refractivity contribution in [1.82, 2.24) is 14.1 Å². The Hall–Kier alpha value is -2.66.